The second-order valence-electron chi connectivity index (χ2n) is 6.92. The van der Waals surface area contributed by atoms with E-state index in [1.165, 1.54) is 5.56 Å². The van der Waals surface area contributed by atoms with Gasteiger partial charge in [-0.15, -0.1) is 0 Å². The van der Waals surface area contributed by atoms with Gasteiger partial charge in [0.1, 0.15) is 6.61 Å². The van der Waals surface area contributed by atoms with Crippen LogP contribution >= 0.6 is 0 Å². The maximum atomic E-state index is 11.3. The molecule has 5 heteroatoms. The normalized spacial score (nSPS) is 27.5. The van der Waals surface area contributed by atoms with E-state index in [0.29, 0.717) is 6.61 Å². The number of amides is 1. The third kappa shape index (κ3) is 4.56. The Morgan fingerprint density at radius 3 is 3.04 bits per heavy atom. The van der Waals surface area contributed by atoms with Crippen LogP contribution in [0.2, 0.25) is 0 Å². The van der Waals surface area contributed by atoms with Crippen molar-refractivity contribution >= 4 is 5.91 Å². The lowest BCUT2D eigenvalue weighted by molar-refractivity contribution is -0.127. The summed E-state index contributed by atoms with van der Waals surface area (Å²) in [5, 5.41) is 2.59. The number of piperidine rings is 1. The molecule has 24 heavy (non-hydrogen) atoms. The van der Waals surface area contributed by atoms with Crippen LogP contribution in [0.25, 0.3) is 0 Å². The molecule has 5 nitrogen and oxygen atoms in total. The molecule has 2 saturated heterocycles. The van der Waals surface area contributed by atoms with Gasteiger partial charge in [-0.25, -0.2) is 0 Å². The Hall–Kier alpha value is -1.43. The molecule has 2 aliphatic rings. The van der Waals surface area contributed by atoms with Gasteiger partial charge < -0.3 is 19.7 Å². The van der Waals surface area contributed by atoms with E-state index in [4.69, 9.17) is 9.47 Å². The van der Waals surface area contributed by atoms with Crippen molar-refractivity contribution in [3.8, 4) is 0 Å². The van der Waals surface area contributed by atoms with Crippen molar-refractivity contribution in [2.75, 3.05) is 39.9 Å². The van der Waals surface area contributed by atoms with Gasteiger partial charge in [-0.1, -0.05) is 30.3 Å². The number of benzene rings is 1. The molecule has 0 saturated carbocycles. The molecule has 0 aromatic heterocycles. The Labute approximate surface area is 144 Å². The van der Waals surface area contributed by atoms with Crippen molar-refractivity contribution in [1.29, 1.82) is 0 Å². The molecule has 0 radical (unpaired) electrons. The molecule has 1 amide bonds. The number of hydrogen-bond donors (Lipinski definition) is 1. The summed E-state index contributed by atoms with van der Waals surface area (Å²) in [5.41, 5.74) is 1.30. The third-order valence-electron chi connectivity index (χ3n) is 5.08. The number of rotatable bonds is 6. The molecular formula is C19H28N2O3. The maximum Gasteiger partial charge on any atom is 0.245 e. The SMILES string of the molecule is CNC(=O)COC1COC2(CCCN(CCc3ccccc3)C2)C1. The monoisotopic (exact) mass is 332 g/mol. The molecule has 2 aliphatic heterocycles. The molecule has 0 aliphatic carbocycles. The topological polar surface area (TPSA) is 50.8 Å². The van der Waals surface area contributed by atoms with E-state index in [2.05, 4.69) is 40.5 Å². The second-order valence-corrected chi connectivity index (χ2v) is 6.92. The molecule has 2 unspecified atom stereocenters. The number of hydrogen-bond acceptors (Lipinski definition) is 4. The molecule has 1 N–H and O–H groups in total. The number of likely N-dealkylation sites (tertiary alicyclic amines) is 1. The fraction of sp³-hybridized carbons (Fsp3) is 0.632. The predicted octanol–water partition coefficient (Wildman–Crippen LogP) is 1.62. The van der Waals surface area contributed by atoms with E-state index in [-0.39, 0.29) is 24.2 Å². The first-order valence-electron chi connectivity index (χ1n) is 8.91. The Morgan fingerprint density at radius 1 is 1.42 bits per heavy atom. The lowest BCUT2D eigenvalue weighted by atomic mass is 9.89. The van der Waals surface area contributed by atoms with Crippen LogP contribution in [0, 0.1) is 0 Å². The fourth-order valence-electron chi connectivity index (χ4n) is 3.77. The van der Waals surface area contributed by atoms with Crippen LogP contribution < -0.4 is 5.32 Å². The van der Waals surface area contributed by atoms with E-state index in [0.717, 1.165) is 45.3 Å². The number of carbonyl (C=O) groups excluding carboxylic acids is 1. The molecule has 2 atom stereocenters. The van der Waals surface area contributed by atoms with Gasteiger partial charge in [0.05, 0.1) is 18.3 Å². The Balaban J connectivity index is 1.47. The molecule has 1 spiro atoms. The number of nitrogens with one attached hydrogen (secondary N) is 1. The summed E-state index contributed by atoms with van der Waals surface area (Å²) < 4.78 is 11.8. The number of carbonyl (C=O) groups is 1. The first kappa shape index (κ1) is 17.4. The predicted molar refractivity (Wildman–Crippen MR) is 92.9 cm³/mol. The van der Waals surface area contributed by atoms with Gasteiger partial charge in [-0.2, -0.15) is 0 Å². The van der Waals surface area contributed by atoms with E-state index in [9.17, 15) is 4.79 Å². The smallest absolute Gasteiger partial charge is 0.245 e. The average molecular weight is 332 g/mol. The Morgan fingerprint density at radius 2 is 2.25 bits per heavy atom. The third-order valence-corrected chi connectivity index (χ3v) is 5.08. The fourth-order valence-corrected chi connectivity index (χ4v) is 3.77. The van der Waals surface area contributed by atoms with Gasteiger partial charge in [-0.3, -0.25) is 4.79 Å². The zero-order valence-electron chi connectivity index (χ0n) is 14.5. The van der Waals surface area contributed by atoms with Gasteiger partial charge in [0, 0.05) is 26.6 Å². The van der Waals surface area contributed by atoms with Crippen molar-refractivity contribution in [3.05, 3.63) is 35.9 Å². The molecule has 3 rings (SSSR count). The van der Waals surface area contributed by atoms with Crippen LogP contribution in [0.3, 0.4) is 0 Å². The molecule has 1 aromatic carbocycles. The quantitative estimate of drug-likeness (QED) is 0.860. The Bertz CT molecular complexity index is 537. The molecule has 2 heterocycles. The van der Waals surface area contributed by atoms with Crippen molar-refractivity contribution in [1.82, 2.24) is 10.2 Å². The molecule has 2 fully saturated rings. The van der Waals surface area contributed by atoms with Gasteiger partial charge in [-0.05, 0) is 31.4 Å². The van der Waals surface area contributed by atoms with E-state index < -0.39 is 0 Å². The molecule has 0 bridgehead atoms. The van der Waals surface area contributed by atoms with Crippen LogP contribution in [0.4, 0.5) is 0 Å². The summed E-state index contributed by atoms with van der Waals surface area (Å²) in [7, 11) is 1.63. The lowest BCUT2D eigenvalue weighted by Gasteiger charge is -2.39. The average Bonchev–Trinajstić information content (AvgIpc) is 3.01. The van der Waals surface area contributed by atoms with Crippen molar-refractivity contribution in [3.63, 3.8) is 0 Å². The highest BCUT2D eigenvalue weighted by Crippen LogP contribution is 2.35. The highest BCUT2D eigenvalue weighted by Gasteiger charge is 2.43. The van der Waals surface area contributed by atoms with Crippen molar-refractivity contribution in [2.45, 2.75) is 37.4 Å². The van der Waals surface area contributed by atoms with Crippen molar-refractivity contribution in [2.24, 2.45) is 0 Å². The summed E-state index contributed by atoms with van der Waals surface area (Å²) in [6.45, 7) is 3.90. The number of likely N-dealkylation sites (N-methyl/N-ethyl adjacent to an activating group) is 1. The van der Waals surface area contributed by atoms with Gasteiger partial charge in [0.2, 0.25) is 5.91 Å². The molecule has 132 valence electrons. The zero-order chi connectivity index (χ0) is 16.8. The zero-order valence-corrected chi connectivity index (χ0v) is 14.5. The standard InChI is InChI=1S/C19H28N2O3/c1-20-18(22)14-23-17-12-19(24-13-17)9-5-10-21(15-19)11-8-16-6-3-2-4-7-16/h2-4,6-7,17H,5,8-15H2,1H3,(H,20,22). The van der Waals surface area contributed by atoms with E-state index >= 15 is 0 Å². The van der Waals surface area contributed by atoms with Crippen LogP contribution in [0.15, 0.2) is 30.3 Å². The molecule has 1 aromatic rings. The van der Waals surface area contributed by atoms with Gasteiger partial charge in [0.15, 0.2) is 0 Å². The summed E-state index contributed by atoms with van der Waals surface area (Å²) in [6.07, 6.45) is 4.27. The largest absolute Gasteiger partial charge is 0.371 e. The summed E-state index contributed by atoms with van der Waals surface area (Å²) in [4.78, 5) is 13.8. The number of nitrogens with zero attached hydrogens (tertiary/aromatic N) is 1. The van der Waals surface area contributed by atoms with Crippen molar-refractivity contribution < 1.29 is 14.3 Å². The highest BCUT2D eigenvalue weighted by molar-refractivity contribution is 5.76. The second kappa shape index (κ2) is 8.10. The van der Waals surface area contributed by atoms with Gasteiger partial charge in [0.25, 0.3) is 0 Å². The van der Waals surface area contributed by atoms with Crippen LogP contribution in [0.1, 0.15) is 24.8 Å². The summed E-state index contributed by atoms with van der Waals surface area (Å²) >= 11 is 0. The summed E-state index contributed by atoms with van der Waals surface area (Å²) in [5.74, 6) is -0.0796. The Kier molecular flexibility index (Phi) is 5.87. The highest BCUT2D eigenvalue weighted by atomic mass is 16.6. The van der Waals surface area contributed by atoms with Gasteiger partial charge >= 0.3 is 0 Å². The molecular weight excluding hydrogens is 304 g/mol. The minimum absolute atomic E-state index is 0.0383. The van der Waals surface area contributed by atoms with Crippen LogP contribution in [-0.2, 0) is 20.7 Å². The first-order chi connectivity index (χ1) is 11.7. The summed E-state index contributed by atoms with van der Waals surface area (Å²) in [6, 6.07) is 10.6. The minimum Gasteiger partial charge on any atom is -0.371 e. The van der Waals surface area contributed by atoms with E-state index in [1.807, 2.05) is 0 Å². The maximum absolute atomic E-state index is 11.3. The first-order valence-corrected chi connectivity index (χ1v) is 8.91. The van der Waals surface area contributed by atoms with Crippen LogP contribution in [0.5, 0.6) is 0 Å². The number of ether oxygens (including phenoxy) is 2. The van der Waals surface area contributed by atoms with Crippen LogP contribution in [-0.4, -0.2) is 62.4 Å². The minimum atomic E-state index is -0.0811. The lowest BCUT2D eigenvalue weighted by Crippen LogP contribution is -2.48. The van der Waals surface area contributed by atoms with E-state index in [1.54, 1.807) is 7.05 Å².